The van der Waals surface area contributed by atoms with E-state index in [1.54, 1.807) is 22.6 Å². The number of fused-ring (bicyclic) bond motifs is 2. The van der Waals surface area contributed by atoms with E-state index in [1.165, 1.54) is 24.4 Å². The molecular weight excluding hydrogens is 513 g/mol. The molecule has 5 rings (SSSR count). The van der Waals surface area contributed by atoms with E-state index in [4.69, 9.17) is 4.74 Å². The van der Waals surface area contributed by atoms with Crippen LogP contribution in [0.15, 0.2) is 30.5 Å². The molecule has 10 nitrogen and oxygen atoms in total. The van der Waals surface area contributed by atoms with Crippen LogP contribution in [0.25, 0.3) is 21.4 Å². The highest BCUT2D eigenvalue weighted by Gasteiger charge is 2.31. The molecule has 1 N–H and O–H groups in total. The van der Waals surface area contributed by atoms with Crippen LogP contribution in [-0.4, -0.2) is 68.8 Å². The number of carbonyl (C=O) groups excluding carboxylic acids is 2. The second-order valence-electron chi connectivity index (χ2n) is 8.30. The lowest BCUT2D eigenvalue weighted by molar-refractivity contribution is -0.274. The molecule has 1 fully saturated rings. The van der Waals surface area contributed by atoms with Crippen LogP contribution >= 0.6 is 11.3 Å². The van der Waals surface area contributed by atoms with E-state index >= 15 is 0 Å². The van der Waals surface area contributed by atoms with Gasteiger partial charge in [0.15, 0.2) is 16.6 Å². The van der Waals surface area contributed by atoms with Crippen molar-refractivity contribution in [2.24, 2.45) is 7.05 Å². The number of amides is 1. The van der Waals surface area contributed by atoms with Crippen molar-refractivity contribution in [3.05, 3.63) is 36.0 Å². The number of halogens is 3. The molecule has 194 valence electrons. The Hall–Kier alpha value is -3.78. The lowest BCUT2D eigenvalue weighted by Crippen LogP contribution is -2.40. The van der Waals surface area contributed by atoms with Crippen LogP contribution in [0.2, 0.25) is 0 Å². The number of ketones is 1. The van der Waals surface area contributed by atoms with Gasteiger partial charge in [-0.2, -0.15) is 0 Å². The number of nitrogens with one attached hydrogen (secondary N) is 1. The maximum atomic E-state index is 12.7. The van der Waals surface area contributed by atoms with Crippen molar-refractivity contribution in [2.45, 2.75) is 19.2 Å². The molecule has 37 heavy (non-hydrogen) atoms. The smallest absolute Gasteiger partial charge is 0.406 e. The number of alkyl halides is 3. The van der Waals surface area contributed by atoms with Crippen LogP contribution in [0.3, 0.4) is 0 Å². The number of hydrogen-bond acceptors (Lipinski definition) is 9. The van der Waals surface area contributed by atoms with Crippen molar-refractivity contribution < 1.29 is 32.2 Å². The summed E-state index contributed by atoms with van der Waals surface area (Å²) in [6.07, 6.45) is -3.15. The Morgan fingerprint density at radius 1 is 1.14 bits per heavy atom. The van der Waals surface area contributed by atoms with Gasteiger partial charge in [-0.3, -0.25) is 14.2 Å². The molecule has 0 spiro atoms. The van der Waals surface area contributed by atoms with Crippen LogP contribution in [0, 0.1) is 0 Å². The molecule has 4 aromatic rings. The molecule has 1 saturated heterocycles. The number of pyridine rings is 1. The molecule has 0 radical (unpaired) electrons. The fourth-order valence-electron chi connectivity index (χ4n) is 3.93. The standard InChI is InChI=1S/C23H21F3N6O4S/c1-31-20-16(10-13(12-27-20)17(33)4-5-19(34)32-6-8-35-9-7-32)28-21(31)30-22-29-15-3-2-14(11-18(15)37-22)36-23(24,25)26/h2-3,10-12H,4-9H2,1H3,(H,28,29,30). The Kier molecular flexibility index (Phi) is 6.69. The van der Waals surface area contributed by atoms with E-state index in [1.807, 2.05) is 0 Å². The van der Waals surface area contributed by atoms with Gasteiger partial charge in [-0.25, -0.2) is 15.0 Å². The predicted molar refractivity (Wildman–Crippen MR) is 129 cm³/mol. The van der Waals surface area contributed by atoms with E-state index in [-0.39, 0.29) is 30.3 Å². The molecular formula is C23H21F3N6O4S. The van der Waals surface area contributed by atoms with Crippen molar-refractivity contribution >= 4 is 55.5 Å². The fourth-order valence-corrected chi connectivity index (χ4v) is 4.82. The second-order valence-corrected chi connectivity index (χ2v) is 9.33. The Morgan fingerprint density at radius 3 is 2.68 bits per heavy atom. The molecule has 0 bridgehead atoms. The minimum absolute atomic E-state index is 0.0626. The average molecular weight is 535 g/mol. The van der Waals surface area contributed by atoms with Gasteiger partial charge in [0.2, 0.25) is 11.9 Å². The number of rotatable bonds is 7. The summed E-state index contributed by atoms with van der Waals surface area (Å²) in [6, 6.07) is 5.53. The predicted octanol–water partition coefficient (Wildman–Crippen LogP) is 4.04. The van der Waals surface area contributed by atoms with Crippen molar-refractivity contribution in [1.82, 2.24) is 24.4 Å². The number of aryl methyl sites for hydroxylation is 1. The topological polar surface area (TPSA) is 111 Å². The largest absolute Gasteiger partial charge is 0.573 e. The molecule has 1 aliphatic heterocycles. The summed E-state index contributed by atoms with van der Waals surface area (Å²) >= 11 is 1.14. The first-order valence-corrected chi connectivity index (χ1v) is 12.1. The Labute approximate surface area is 212 Å². The molecule has 3 aromatic heterocycles. The molecule has 0 saturated carbocycles. The van der Waals surface area contributed by atoms with E-state index in [9.17, 15) is 22.8 Å². The highest BCUT2D eigenvalue weighted by molar-refractivity contribution is 7.22. The lowest BCUT2D eigenvalue weighted by Gasteiger charge is -2.26. The van der Waals surface area contributed by atoms with E-state index in [2.05, 4.69) is 25.0 Å². The van der Waals surface area contributed by atoms with Gasteiger partial charge in [0, 0.05) is 50.8 Å². The van der Waals surface area contributed by atoms with Gasteiger partial charge in [0.25, 0.3) is 0 Å². The Bertz CT molecular complexity index is 1480. The van der Waals surface area contributed by atoms with Gasteiger partial charge in [-0.1, -0.05) is 11.3 Å². The van der Waals surface area contributed by atoms with Gasteiger partial charge in [-0.05, 0) is 18.2 Å². The summed E-state index contributed by atoms with van der Waals surface area (Å²) in [6.45, 7) is 2.06. The number of carbonyl (C=O) groups is 2. The summed E-state index contributed by atoms with van der Waals surface area (Å²) in [7, 11) is 1.73. The number of Topliss-reactive ketones (excluding diaryl/α,β-unsaturated/α-hetero) is 1. The number of morpholine rings is 1. The first-order chi connectivity index (χ1) is 17.7. The van der Waals surface area contributed by atoms with Crippen LogP contribution in [0.5, 0.6) is 5.75 Å². The van der Waals surface area contributed by atoms with Crippen LogP contribution < -0.4 is 10.1 Å². The van der Waals surface area contributed by atoms with Crippen LogP contribution in [0.1, 0.15) is 23.2 Å². The summed E-state index contributed by atoms with van der Waals surface area (Å²) in [5.41, 5.74) is 1.84. The first-order valence-electron chi connectivity index (χ1n) is 11.3. The van der Waals surface area contributed by atoms with E-state index < -0.39 is 6.36 Å². The van der Waals surface area contributed by atoms with Crippen molar-refractivity contribution in [3.8, 4) is 5.75 Å². The second kappa shape index (κ2) is 9.94. The normalized spacial score (nSPS) is 14.3. The monoisotopic (exact) mass is 534 g/mol. The number of nitrogens with zero attached hydrogens (tertiary/aromatic N) is 5. The zero-order valence-electron chi connectivity index (χ0n) is 19.5. The number of aromatic nitrogens is 4. The van der Waals surface area contributed by atoms with Gasteiger partial charge in [0.05, 0.1) is 23.4 Å². The first kappa shape index (κ1) is 24.9. The highest BCUT2D eigenvalue weighted by atomic mass is 32.1. The quantitative estimate of drug-likeness (QED) is 0.354. The third-order valence-corrected chi connectivity index (χ3v) is 6.71. The maximum Gasteiger partial charge on any atom is 0.573 e. The number of ether oxygens (including phenoxy) is 2. The molecule has 14 heteroatoms. The molecule has 1 aliphatic rings. The van der Waals surface area contributed by atoms with Gasteiger partial charge in [0.1, 0.15) is 11.3 Å². The maximum absolute atomic E-state index is 12.7. The van der Waals surface area contributed by atoms with Crippen molar-refractivity contribution in [3.63, 3.8) is 0 Å². The number of hydrogen-bond donors (Lipinski definition) is 1. The molecule has 4 heterocycles. The number of imidazole rings is 1. The summed E-state index contributed by atoms with van der Waals surface area (Å²) in [5, 5.41) is 3.47. The third-order valence-electron chi connectivity index (χ3n) is 5.77. The van der Waals surface area contributed by atoms with E-state index in [0.29, 0.717) is 64.3 Å². The van der Waals surface area contributed by atoms with Gasteiger partial charge < -0.3 is 19.7 Å². The number of benzene rings is 1. The molecule has 0 aliphatic carbocycles. The molecule has 1 amide bonds. The third kappa shape index (κ3) is 5.64. The fraction of sp³-hybridized carbons (Fsp3) is 0.348. The summed E-state index contributed by atoms with van der Waals surface area (Å²) in [4.78, 5) is 40.0. The molecule has 0 unspecified atom stereocenters. The Morgan fingerprint density at radius 2 is 1.92 bits per heavy atom. The minimum Gasteiger partial charge on any atom is -0.406 e. The zero-order valence-corrected chi connectivity index (χ0v) is 20.4. The molecule has 1 aromatic carbocycles. The summed E-state index contributed by atoms with van der Waals surface area (Å²) in [5.74, 6) is -0.228. The van der Waals surface area contributed by atoms with Gasteiger partial charge in [-0.15, -0.1) is 13.2 Å². The van der Waals surface area contributed by atoms with Crippen molar-refractivity contribution in [1.29, 1.82) is 0 Å². The number of thiazole rings is 1. The van der Waals surface area contributed by atoms with Crippen molar-refractivity contribution in [2.75, 3.05) is 31.6 Å². The van der Waals surface area contributed by atoms with Gasteiger partial charge >= 0.3 is 6.36 Å². The van der Waals surface area contributed by atoms with Crippen LogP contribution in [-0.2, 0) is 16.6 Å². The average Bonchev–Trinajstić information content (AvgIpc) is 3.41. The highest BCUT2D eigenvalue weighted by Crippen LogP contribution is 2.33. The van der Waals surface area contributed by atoms with E-state index in [0.717, 1.165) is 11.3 Å². The Balaban J connectivity index is 1.29. The lowest BCUT2D eigenvalue weighted by atomic mass is 10.1. The molecule has 0 atom stereocenters. The zero-order chi connectivity index (χ0) is 26.2. The summed E-state index contributed by atoms with van der Waals surface area (Å²) < 4.78 is 48.9. The SMILES string of the molecule is Cn1c(Nc2nc3ccc(OC(F)(F)F)cc3s2)nc2cc(C(=O)CCC(=O)N3CCOCC3)cnc21. The number of anilines is 2. The minimum atomic E-state index is -4.78. The van der Waals surface area contributed by atoms with Crippen LogP contribution in [0.4, 0.5) is 24.3 Å².